The minimum atomic E-state index is 0.385. The molecule has 1 aromatic heterocycles. The molecule has 0 fully saturated rings. The average Bonchev–Trinajstić information content (AvgIpc) is 2.72. The third-order valence-corrected chi connectivity index (χ3v) is 4.82. The van der Waals surface area contributed by atoms with Crippen LogP contribution in [0.25, 0.3) is 0 Å². The van der Waals surface area contributed by atoms with Gasteiger partial charge in [-0.25, -0.2) is 0 Å². The molecule has 0 aliphatic carbocycles. The maximum absolute atomic E-state index is 5.41. The van der Waals surface area contributed by atoms with Gasteiger partial charge in [0.1, 0.15) is 5.75 Å². The summed E-state index contributed by atoms with van der Waals surface area (Å²) in [7, 11) is 1.67. The highest BCUT2D eigenvalue weighted by molar-refractivity contribution is 5.65. The van der Waals surface area contributed by atoms with Gasteiger partial charge in [0.2, 0.25) is 5.95 Å². The third kappa shape index (κ3) is 5.02. The van der Waals surface area contributed by atoms with Crippen molar-refractivity contribution in [3.63, 3.8) is 0 Å². The standard InChI is InChI=1S/C23H29N5O/c1-15(2)18-10-8-11-19(16(3)4)22(18)27-23-26-21(14-25-28-23)24-13-17-9-6-7-12-20(17)29-5/h6-12,14-16H,13H2,1-5H3,(H2,24,26,27,28). The maximum atomic E-state index is 5.41. The molecule has 6 nitrogen and oxygen atoms in total. The van der Waals surface area contributed by atoms with Gasteiger partial charge in [-0.1, -0.05) is 64.1 Å². The van der Waals surface area contributed by atoms with Crippen LogP contribution in [0, 0.1) is 0 Å². The topological polar surface area (TPSA) is 72.0 Å². The molecule has 0 atom stereocenters. The summed E-state index contributed by atoms with van der Waals surface area (Å²) < 4.78 is 5.41. The van der Waals surface area contributed by atoms with E-state index in [1.807, 2.05) is 24.3 Å². The van der Waals surface area contributed by atoms with Crippen LogP contribution in [0.3, 0.4) is 0 Å². The second-order valence-electron chi connectivity index (χ2n) is 7.58. The largest absolute Gasteiger partial charge is 0.496 e. The summed E-state index contributed by atoms with van der Waals surface area (Å²) in [5.74, 6) is 2.74. The van der Waals surface area contributed by atoms with Crippen molar-refractivity contribution in [1.82, 2.24) is 15.2 Å². The van der Waals surface area contributed by atoms with Gasteiger partial charge in [0.05, 0.1) is 13.3 Å². The minimum Gasteiger partial charge on any atom is -0.496 e. The van der Waals surface area contributed by atoms with E-state index in [4.69, 9.17) is 4.74 Å². The van der Waals surface area contributed by atoms with E-state index >= 15 is 0 Å². The fourth-order valence-electron chi connectivity index (χ4n) is 3.28. The Morgan fingerprint density at radius 2 is 1.62 bits per heavy atom. The Morgan fingerprint density at radius 1 is 0.931 bits per heavy atom. The van der Waals surface area contributed by atoms with E-state index in [2.05, 4.69) is 71.7 Å². The first kappa shape index (κ1) is 20.6. The second-order valence-corrected chi connectivity index (χ2v) is 7.58. The van der Waals surface area contributed by atoms with Gasteiger partial charge in [0, 0.05) is 17.8 Å². The molecule has 0 spiro atoms. The molecule has 0 saturated heterocycles. The van der Waals surface area contributed by atoms with Crippen molar-refractivity contribution in [1.29, 1.82) is 0 Å². The molecule has 0 unspecified atom stereocenters. The molecule has 6 heteroatoms. The van der Waals surface area contributed by atoms with Crippen LogP contribution in [0.15, 0.2) is 48.7 Å². The lowest BCUT2D eigenvalue weighted by molar-refractivity contribution is 0.410. The van der Waals surface area contributed by atoms with Crippen molar-refractivity contribution in [2.45, 2.75) is 46.1 Å². The van der Waals surface area contributed by atoms with Gasteiger partial charge < -0.3 is 15.4 Å². The molecule has 152 valence electrons. The minimum absolute atomic E-state index is 0.385. The Labute approximate surface area is 172 Å². The van der Waals surface area contributed by atoms with E-state index in [-0.39, 0.29) is 0 Å². The van der Waals surface area contributed by atoms with Gasteiger partial charge >= 0.3 is 0 Å². The number of para-hydroxylation sites is 2. The zero-order valence-electron chi connectivity index (χ0n) is 17.7. The number of nitrogens with zero attached hydrogens (tertiary/aromatic N) is 3. The quantitative estimate of drug-likeness (QED) is 0.529. The predicted molar refractivity (Wildman–Crippen MR) is 118 cm³/mol. The van der Waals surface area contributed by atoms with Crippen molar-refractivity contribution < 1.29 is 4.74 Å². The number of rotatable bonds is 8. The number of hydrogen-bond donors (Lipinski definition) is 2. The van der Waals surface area contributed by atoms with Crippen LogP contribution in [-0.4, -0.2) is 22.3 Å². The fourth-order valence-corrected chi connectivity index (χ4v) is 3.28. The molecule has 1 heterocycles. The smallest absolute Gasteiger partial charge is 0.249 e. The van der Waals surface area contributed by atoms with Crippen molar-refractivity contribution >= 4 is 17.5 Å². The normalized spacial score (nSPS) is 11.0. The predicted octanol–water partition coefficient (Wildman–Crippen LogP) is 5.48. The third-order valence-electron chi connectivity index (χ3n) is 4.82. The van der Waals surface area contributed by atoms with Crippen molar-refractivity contribution in [3.8, 4) is 5.75 Å². The molecule has 3 aromatic rings. The van der Waals surface area contributed by atoms with Crippen LogP contribution < -0.4 is 15.4 Å². The lowest BCUT2D eigenvalue weighted by Gasteiger charge is -2.20. The Morgan fingerprint density at radius 3 is 2.28 bits per heavy atom. The van der Waals surface area contributed by atoms with Crippen LogP contribution in [0.4, 0.5) is 17.5 Å². The summed E-state index contributed by atoms with van der Waals surface area (Å²) in [6, 6.07) is 14.3. The zero-order chi connectivity index (χ0) is 20.8. The highest BCUT2D eigenvalue weighted by Gasteiger charge is 2.15. The molecule has 0 radical (unpaired) electrons. The van der Waals surface area contributed by atoms with E-state index < -0.39 is 0 Å². The molecule has 29 heavy (non-hydrogen) atoms. The van der Waals surface area contributed by atoms with Crippen LogP contribution in [0.5, 0.6) is 5.75 Å². The average molecular weight is 392 g/mol. The van der Waals surface area contributed by atoms with Gasteiger partial charge in [0.15, 0.2) is 5.82 Å². The summed E-state index contributed by atoms with van der Waals surface area (Å²) in [5.41, 5.74) is 4.61. The molecule has 0 amide bonds. The van der Waals surface area contributed by atoms with E-state index in [1.165, 1.54) is 11.1 Å². The van der Waals surface area contributed by atoms with Gasteiger partial charge in [-0.05, 0) is 29.0 Å². The number of ether oxygens (including phenoxy) is 1. The molecule has 0 saturated carbocycles. The van der Waals surface area contributed by atoms with Crippen molar-refractivity contribution in [2.24, 2.45) is 0 Å². The Balaban J connectivity index is 1.82. The van der Waals surface area contributed by atoms with E-state index in [0.29, 0.717) is 30.1 Å². The molecular weight excluding hydrogens is 362 g/mol. The molecule has 3 rings (SSSR count). The second kappa shape index (κ2) is 9.37. The number of hydrogen-bond acceptors (Lipinski definition) is 6. The lowest BCUT2D eigenvalue weighted by Crippen LogP contribution is -2.09. The van der Waals surface area contributed by atoms with E-state index in [1.54, 1.807) is 13.3 Å². The van der Waals surface area contributed by atoms with Gasteiger partial charge in [-0.3, -0.25) is 0 Å². The number of anilines is 3. The van der Waals surface area contributed by atoms with Gasteiger partial charge in [-0.2, -0.15) is 10.1 Å². The molecule has 0 bridgehead atoms. The number of benzene rings is 2. The van der Waals surface area contributed by atoms with Crippen molar-refractivity contribution in [3.05, 3.63) is 65.4 Å². The Hall–Kier alpha value is -3.15. The molecule has 0 aliphatic heterocycles. The lowest BCUT2D eigenvalue weighted by atomic mass is 9.93. The summed E-state index contributed by atoms with van der Waals surface area (Å²) in [6.07, 6.45) is 1.62. The maximum Gasteiger partial charge on any atom is 0.249 e. The zero-order valence-corrected chi connectivity index (χ0v) is 17.7. The molecule has 2 N–H and O–H groups in total. The van der Waals surface area contributed by atoms with Crippen LogP contribution in [0.1, 0.15) is 56.2 Å². The van der Waals surface area contributed by atoms with Gasteiger partial charge in [-0.15, -0.1) is 5.10 Å². The number of methoxy groups -OCH3 is 1. The summed E-state index contributed by atoms with van der Waals surface area (Å²) >= 11 is 0. The molecule has 0 aliphatic rings. The Kier molecular flexibility index (Phi) is 6.65. The number of nitrogens with one attached hydrogen (secondary N) is 2. The molecular formula is C23H29N5O. The first-order valence-corrected chi connectivity index (χ1v) is 9.95. The highest BCUT2D eigenvalue weighted by atomic mass is 16.5. The van der Waals surface area contributed by atoms with Crippen LogP contribution in [-0.2, 0) is 6.54 Å². The SMILES string of the molecule is COc1ccccc1CNc1cnnc(Nc2c(C(C)C)cccc2C(C)C)n1. The molecule has 2 aromatic carbocycles. The monoisotopic (exact) mass is 391 g/mol. The van der Waals surface area contributed by atoms with Crippen molar-refractivity contribution in [2.75, 3.05) is 17.7 Å². The first-order chi connectivity index (χ1) is 14.0. The first-order valence-electron chi connectivity index (χ1n) is 9.95. The van der Waals surface area contributed by atoms with Crippen LogP contribution in [0.2, 0.25) is 0 Å². The van der Waals surface area contributed by atoms with Crippen LogP contribution >= 0.6 is 0 Å². The summed E-state index contributed by atoms with van der Waals surface area (Å²) in [4.78, 5) is 4.60. The summed E-state index contributed by atoms with van der Waals surface area (Å²) in [5, 5.41) is 15.0. The fraction of sp³-hybridized carbons (Fsp3) is 0.348. The van der Waals surface area contributed by atoms with E-state index in [9.17, 15) is 0 Å². The summed E-state index contributed by atoms with van der Waals surface area (Å²) in [6.45, 7) is 9.34. The number of aromatic nitrogens is 3. The van der Waals surface area contributed by atoms with E-state index in [0.717, 1.165) is 17.0 Å². The Bertz CT molecular complexity index is 929. The van der Waals surface area contributed by atoms with Gasteiger partial charge in [0.25, 0.3) is 0 Å². The highest BCUT2D eigenvalue weighted by Crippen LogP contribution is 2.33.